The fourth-order valence-corrected chi connectivity index (χ4v) is 4.20. The minimum absolute atomic E-state index is 0.252. The van der Waals surface area contributed by atoms with Crippen LogP contribution in [0.3, 0.4) is 0 Å². The van der Waals surface area contributed by atoms with E-state index in [4.69, 9.17) is 5.26 Å². The van der Waals surface area contributed by atoms with Crippen LogP contribution in [-0.4, -0.2) is 66.0 Å². The summed E-state index contributed by atoms with van der Waals surface area (Å²) in [6.45, 7) is 6.58. The molecule has 0 saturated carbocycles. The van der Waals surface area contributed by atoms with E-state index in [1.165, 1.54) is 5.56 Å². The highest BCUT2D eigenvalue weighted by Gasteiger charge is 2.34. The molecule has 2 atom stereocenters. The average molecular weight is 343 g/mol. The van der Waals surface area contributed by atoms with Crippen LogP contribution in [0, 0.1) is 29.1 Å². The number of likely N-dealkylation sites (tertiary alicyclic amines) is 2. The molecule has 5 nitrogen and oxygen atoms in total. The maximum absolute atomic E-state index is 9.78. The molecule has 2 saturated heterocycles. The molecule has 1 aromatic carbocycles. The lowest BCUT2D eigenvalue weighted by atomic mass is 9.93. The number of benzene rings is 1. The molecule has 5 heteroatoms. The number of hydrogen-bond donors (Lipinski definition) is 2. The molecule has 0 bridgehead atoms. The van der Waals surface area contributed by atoms with Crippen LogP contribution in [0.15, 0.2) is 24.3 Å². The molecule has 2 N–H and O–H groups in total. The van der Waals surface area contributed by atoms with Crippen molar-refractivity contribution in [2.24, 2.45) is 17.8 Å². The van der Waals surface area contributed by atoms with Crippen LogP contribution in [0.25, 0.3) is 0 Å². The largest absolute Gasteiger partial charge is 0.396 e. The molecule has 0 unspecified atom stereocenters. The van der Waals surface area contributed by atoms with Crippen molar-refractivity contribution in [2.45, 2.75) is 19.4 Å². The third-order valence-corrected chi connectivity index (χ3v) is 5.83. The number of nitrogens with zero attached hydrogens (tertiary/aromatic N) is 3. The van der Waals surface area contributed by atoms with Gasteiger partial charge in [0.1, 0.15) is 0 Å². The minimum Gasteiger partial charge on any atom is -0.396 e. The van der Waals surface area contributed by atoms with E-state index in [2.05, 4.69) is 15.9 Å². The van der Waals surface area contributed by atoms with Crippen molar-refractivity contribution in [1.29, 1.82) is 5.26 Å². The van der Waals surface area contributed by atoms with Gasteiger partial charge in [0, 0.05) is 39.4 Å². The summed E-state index contributed by atoms with van der Waals surface area (Å²) in [4.78, 5) is 4.93. The van der Waals surface area contributed by atoms with E-state index in [0.717, 1.165) is 52.1 Å². The summed E-state index contributed by atoms with van der Waals surface area (Å²) in [6, 6.07) is 9.96. The number of piperidine rings is 1. The van der Waals surface area contributed by atoms with Crippen LogP contribution in [-0.2, 0) is 6.54 Å². The zero-order chi connectivity index (χ0) is 17.6. The normalized spacial score (nSPS) is 26.0. The Hall–Kier alpha value is -1.45. The molecule has 0 amide bonds. The van der Waals surface area contributed by atoms with Gasteiger partial charge >= 0.3 is 0 Å². The second-order valence-corrected chi connectivity index (χ2v) is 7.63. The number of rotatable bonds is 6. The van der Waals surface area contributed by atoms with Gasteiger partial charge in [0.2, 0.25) is 0 Å². The Morgan fingerprint density at radius 2 is 1.64 bits per heavy atom. The lowest BCUT2D eigenvalue weighted by Crippen LogP contribution is -2.40. The van der Waals surface area contributed by atoms with Gasteiger partial charge in [-0.15, -0.1) is 0 Å². The quantitative estimate of drug-likeness (QED) is 0.815. The van der Waals surface area contributed by atoms with E-state index in [0.29, 0.717) is 29.9 Å². The lowest BCUT2D eigenvalue weighted by Gasteiger charge is -2.33. The van der Waals surface area contributed by atoms with Crippen molar-refractivity contribution in [2.75, 3.05) is 45.9 Å². The summed E-state index contributed by atoms with van der Waals surface area (Å²) < 4.78 is 0. The van der Waals surface area contributed by atoms with E-state index in [-0.39, 0.29) is 6.61 Å². The van der Waals surface area contributed by atoms with Gasteiger partial charge in [-0.05, 0) is 61.4 Å². The Kier molecular flexibility index (Phi) is 6.44. The van der Waals surface area contributed by atoms with Gasteiger partial charge in [-0.1, -0.05) is 12.1 Å². The minimum atomic E-state index is 0.252. The predicted molar refractivity (Wildman–Crippen MR) is 96.7 cm³/mol. The summed E-state index contributed by atoms with van der Waals surface area (Å²) in [5.41, 5.74) is 1.92. The molecule has 2 aliphatic heterocycles. The fourth-order valence-electron chi connectivity index (χ4n) is 4.20. The van der Waals surface area contributed by atoms with Crippen LogP contribution in [0.1, 0.15) is 24.0 Å². The van der Waals surface area contributed by atoms with Gasteiger partial charge in [-0.3, -0.25) is 4.90 Å². The van der Waals surface area contributed by atoms with Gasteiger partial charge < -0.3 is 15.1 Å². The first-order valence-corrected chi connectivity index (χ1v) is 9.37. The van der Waals surface area contributed by atoms with Gasteiger partial charge in [-0.2, -0.15) is 5.26 Å². The molecular formula is C20H29N3O2. The van der Waals surface area contributed by atoms with Crippen molar-refractivity contribution in [3.05, 3.63) is 35.4 Å². The second kappa shape index (κ2) is 8.77. The lowest BCUT2D eigenvalue weighted by molar-refractivity contribution is 0.106. The molecule has 2 heterocycles. The summed E-state index contributed by atoms with van der Waals surface area (Å²) in [7, 11) is 0. The van der Waals surface area contributed by atoms with Crippen molar-refractivity contribution >= 4 is 0 Å². The van der Waals surface area contributed by atoms with E-state index >= 15 is 0 Å². The van der Waals surface area contributed by atoms with E-state index in [1.807, 2.05) is 24.3 Å². The predicted octanol–water partition coefficient (Wildman–Crippen LogP) is 1.30. The van der Waals surface area contributed by atoms with Gasteiger partial charge in [0.05, 0.1) is 11.6 Å². The van der Waals surface area contributed by atoms with Crippen LogP contribution < -0.4 is 0 Å². The third-order valence-electron chi connectivity index (χ3n) is 5.83. The van der Waals surface area contributed by atoms with Crippen LogP contribution in [0.5, 0.6) is 0 Å². The average Bonchev–Trinajstić information content (AvgIpc) is 3.04. The van der Waals surface area contributed by atoms with Gasteiger partial charge in [0.15, 0.2) is 0 Å². The molecule has 0 spiro atoms. The highest BCUT2D eigenvalue weighted by molar-refractivity contribution is 5.31. The molecule has 0 aromatic heterocycles. The molecule has 25 heavy (non-hydrogen) atoms. The van der Waals surface area contributed by atoms with Gasteiger partial charge in [-0.25, -0.2) is 0 Å². The van der Waals surface area contributed by atoms with E-state index in [1.54, 1.807) is 0 Å². The molecule has 0 radical (unpaired) electrons. The summed E-state index contributed by atoms with van der Waals surface area (Å²) in [5.74, 6) is 1.32. The summed E-state index contributed by atoms with van der Waals surface area (Å²) >= 11 is 0. The Morgan fingerprint density at radius 3 is 2.24 bits per heavy atom. The first kappa shape index (κ1) is 18.3. The molecule has 0 aliphatic carbocycles. The van der Waals surface area contributed by atoms with Crippen molar-refractivity contribution < 1.29 is 10.2 Å². The molecule has 2 aliphatic rings. The van der Waals surface area contributed by atoms with Crippen LogP contribution in [0.2, 0.25) is 0 Å². The smallest absolute Gasteiger partial charge is 0.0991 e. The monoisotopic (exact) mass is 343 g/mol. The highest BCUT2D eigenvalue weighted by atomic mass is 16.3. The summed E-state index contributed by atoms with van der Waals surface area (Å²) in [5, 5.41) is 28.0. The van der Waals surface area contributed by atoms with Crippen LogP contribution >= 0.6 is 0 Å². The van der Waals surface area contributed by atoms with Crippen molar-refractivity contribution in [1.82, 2.24) is 9.80 Å². The fraction of sp³-hybridized carbons (Fsp3) is 0.650. The topological polar surface area (TPSA) is 70.7 Å². The molecular weight excluding hydrogens is 314 g/mol. The standard InChI is InChI=1S/C20H29N3O2/c21-9-16-1-3-17(4-2-16)10-23-12-19(20(13-23)15-25)11-22-7-5-18(14-24)6-8-22/h1-4,18-20,24-25H,5-8,10-15H2/t19-,20-/m1/s1. The molecule has 136 valence electrons. The Balaban J connectivity index is 1.52. The van der Waals surface area contributed by atoms with E-state index in [9.17, 15) is 10.2 Å². The maximum Gasteiger partial charge on any atom is 0.0991 e. The highest BCUT2D eigenvalue weighted by Crippen LogP contribution is 2.27. The van der Waals surface area contributed by atoms with Crippen LogP contribution in [0.4, 0.5) is 0 Å². The first-order chi connectivity index (χ1) is 12.2. The second-order valence-electron chi connectivity index (χ2n) is 7.63. The molecule has 3 rings (SSSR count). The first-order valence-electron chi connectivity index (χ1n) is 9.37. The Morgan fingerprint density at radius 1 is 0.960 bits per heavy atom. The Bertz CT molecular complexity index is 576. The number of hydrogen-bond acceptors (Lipinski definition) is 5. The number of aliphatic hydroxyl groups is 2. The SMILES string of the molecule is N#Cc1ccc(CN2C[C@@H](CN3CCC(CO)CC3)[C@@H](CO)C2)cc1. The number of aliphatic hydroxyl groups excluding tert-OH is 2. The zero-order valence-corrected chi connectivity index (χ0v) is 14.8. The third kappa shape index (κ3) is 4.80. The number of nitriles is 1. The van der Waals surface area contributed by atoms with E-state index < -0.39 is 0 Å². The van der Waals surface area contributed by atoms with Gasteiger partial charge in [0.25, 0.3) is 0 Å². The molecule has 1 aromatic rings. The van der Waals surface area contributed by atoms with Crippen molar-refractivity contribution in [3.8, 4) is 6.07 Å². The maximum atomic E-state index is 9.78. The Labute approximate surface area is 150 Å². The molecule has 2 fully saturated rings. The summed E-state index contributed by atoms with van der Waals surface area (Å²) in [6.07, 6.45) is 2.17. The van der Waals surface area contributed by atoms with Crippen molar-refractivity contribution in [3.63, 3.8) is 0 Å². The zero-order valence-electron chi connectivity index (χ0n) is 14.8.